The first kappa shape index (κ1) is 14.7. The molecule has 0 spiro atoms. The predicted molar refractivity (Wildman–Crippen MR) is 71.3 cm³/mol. The predicted octanol–water partition coefficient (Wildman–Crippen LogP) is 2.19. The van der Waals surface area contributed by atoms with Crippen molar-refractivity contribution in [1.82, 2.24) is 4.90 Å². The van der Waals surface area contributed by atoms with Gasteiger partial charge in [-0.2, -0.15) is 0 Å². The van der Waals surface area contributed by atoms with Crippen LogP contribution in [-0.4, -0.2) is 35.6 Å². The molecule has 0 aliphatic carbocycles. The zero-order valence-electron chi connectivity index (χ0n) is 11.7. The van der Waals surface area contributed by atoms with Gasteiger partial charge in [0.2, 0.25) is 0 Å². The van der Waals surface area contributed by atoms with Crippen LogP contribution in [0.5, 0.6) is 0 Å². The number of anilines is 1. The summed E-state index contributed by atoms with van der Waals surface area (Å²) in [5, 5.41) is 0. The number of ether oxygens (including phenoxy) is 1. The van der Waals surface area contributed by atoms with Gasteiger partial charge in [0.05, 0.1) is 23.0 Å². The summed E-state index contributed by atoms with van der Waals surface area (Å²) in [5.41, 5.74) is 4.44. The number of rotatable bonds is 1. The molecule has 0 radical (unpaired) electrons. The van der Waals surface area contributed by atoms with Crippen molar-refractivity contribution in [1.29, 1.82) is 0 Å². The van der Waals surface area contributed by atoms with Crippen LogP contribution in [0.3, 0.4) is 0 Å². The molecule has 6 heteroatoms. The Kier molecular flexibility index (Phi) is 3.69. The molecule has 1 unspecified atom stereocenters. The number of amides is 1. The fourth-order valence-electron chi connectivity index (χ4n) is 2.51. The molecule has 1 amide bonds. The molecule has 1 aromatic carbocycles. The quantitative estimate of drug-likeness (QED) is 0.804. The second-order valence-corrected chi connectivity index (χ2v) is 5.73. The van der Waals surface area contributed by atoms with E-state index < -0.39 is 23.1 Å². The normalized spacial score (nSPS) is 21.9. The van der Waals surface area contributed by atoms with Gasteiger partial charge >= 0.3 is 0 Å². The highest BCUT2D eigenvalue weighted by atomic mass is 19.1. The minimum atomic E-state index is -0.904. The van der Waals surface area contributed by atoms with Gasteiger partial charge in [0, 0.05) is 19.2 Å². The van der Waals surface area contributed by atoms with Gasteiger partial charge in [-0.15, -0.1) is 0 Å². The lowest BCUT2D eigenvalue weighted by Crippen LogP contribution is -2.53. The molecule has 1 heterocycles. The summed E-state index contributed by atoms with van der Waals surface area (Å²) in [4.78, 5) is 13.9. The number of nitrogens with zero attached hydrogens (tertiary/aromatic N) is 1. The maximum atomic E-state index is 13.8. The average molecular weight is 284 g/mol. The van der Waals surface area contributed by atoms with E-state index >= 15 is 0 Å². The van der Waals surface area contributed by atoms with Crippen molar-refractivity contribution < 1.29 is 18.3 Å². The largest absolute Gasteiger partial charge is 0.396 e. The monoisotopic (exact) mass is 284 g/mol. The summed E-state index contributed by atoms with van der Waals surface area (Å²) in [6.07, 6.45) is -0.149. The first-order chi connectivity index (χ1) is 9.19. The van der Waals surface area contributed by atoms with E-state index in [1.807, 2.05) is 20.8 Å². The SMILES string of the molecule is CC1CN(C(=O)c2cc(N)c(F)cc2F)CC(C)(C)O1. The molecule has 110 valence electrons. The Balaban J connectivity index is 2.29. The Labute approximate surface area is 116 Å². The second-order valence-electron chi connectivity index (χ2n) is 5.73. The zero-order chi connectivity index (χ0) is 15.1. The van der Waals surface area contributed by atoms with Crippen molar-refractivity contribution in [2.75, 3.05) is 18.8 Å². The topological polar surface area (TPSA) is 55.6 Å². The number of nitrogen functional groups attached to an aromatic ring is 1. The molecular weight excluding hydrogens is 266 g/mol. The first-order valence-electron chi connectivity index (χ1n) is 6.41. The smallest absolute Gasteiger partial charge is 0.257 e. The Bertz CT molecular complexity index is 546. The molecule has 2 N–H and O–H groups in total. The second kappa shape index (κ2) is 5.01. The Morgan fingerprint density at radius 3 is 2.65 bits per heavy atom. The lowest BCUT2D eigenvalue weighted by molar-refractivity contribution is -0.118. The summed E-state index contributed by atoms with van der Waals surface area (Å²) < 4.78 is 32.6. The van der Waals surface area contributed by atoms with Crippen LogP contribution in [-0.2, 0) is 4.74 Å². The van der Waals surface area contributed by atoms with Crippen molar-refractivity contribution in [3.8, 4) is 0 Å². The van der Waals surface area contributed by atoms with Crippen molar-refractivity contribution in [2.45, 2.75) is 32.5 Å². The maximum absolute atomic E-state index is 13.8. The molecule has 1 aliphatic heterocycles. The van der Waals surface area contributed by atoms with Gasteiger partial charge in [0.25, 0.3) is 5.91 Å². The summed E-state index contributed by atoms with van der Waals surface area (Å²) in [6, 6.07) is 1.68. The Hall–Kier alpha value is -1.69. The van der Waals surface area contributed by atoms with E-state index in [1.165, 1.54) is 4.90 Å². The fourth-order valence-corrected chi connectivity index (χ4v) is 2.51. The molecular formula is C14H18F2N2O2. The van der Waals surface area contributed by atoms with Crippen molar-refractivity contribution in [2.24, 2.45) is 0 Å². The van der Waals surface area contributed by atoms with Gasteiger partial charge in [-0.05, 0) is 26.8 Å². The van der Waals surface area contributed by atoms with Gasteiger partial charge < -0.3 is 15.4 Å². The molecule has 1 aliphatic rings. The highest BCUT2D eigenvalue weighted by Crippen LogP contribution is 2.24. The van der Waals surface area contributed by atoms with Crippen LogP contribution >= 0.6 is 0 Å². The number of halogens is 2. The molecule has 1 atom stereocenters. The van der Waals surface area contributed by atoms with Crippen LogP contribution < -0.4 is 5.73 Å². The lowest BCUT2D eigenvalue weighted by Gasteiger charge is -2.41. The van der Waals surface area contributed by atoms with E-state index in [1.54, 1.807) is 0 Å². The molecule has 4 nitrogen and oxygen atoms in total. The molecule has 1 aromatic rings. The van der Waals surface area contributed by atoms with Crippen LogP contribution in [0.4, 0.5) is 14.5 Å². The number of carbonyl (C=O) groups excluding carboxylic acids is 1. The third-order valence-corrected chi connectivity index (χ3v) is 3.17. The highest BCUT2D eigenvalue weighted by Gasteiger charge is 2.34. The molecule has 2 rings (SSSR count). The van der Waals surface area contributed by atoms with E-state index in [0.29, 0.717) is 19.2 Å². The third kappa shape index (κ3) is 2.90. The number of morpholine rings is 1. The number of nitrogens with two attached hydrogens (primary N) is 1. The van der Waals surface area contributed by atoms with E-state index in [0.717, 1.165) is 6.07 Å². The minimum absolute atomic E-state index is 0.149. The average Bonchev–Trinajstić information content (AvgIpc) is 2.30. The molecule has 0 saturated carbocycles. The minimum Gasteiger partial charge on any atom is -0.396 e. The van der Waals surface area contributed by atoms with E-state index in [-0.39, 0.29) is 17.4 Å². The molecule has 20 heavy (non-hydrogen) atoms. The highest BCUT2D eigenvalue weighted by molar-refractivity contribution is 5.95. The van der Waals surface area contributed by atoms with Gasteiger partial charge in [-0.1, -0.05) is 0 Å². The third-order valence-electron chi connectivity index (χ3n) is 3.17. The van der Waals surface area contributed by atoms with Gasteiger partial charge in [0.15, 0.2) is 0 Å². The van der Waals surface area contributed by atoms with Crippen LogP contribution in [0.25, 0.3) is 0 Å². The first-order valence-corrected chi connectivity index (χ1v) is 6.41. The molecule has 1 saturated heterocycles. The van der Waals surface area contributed by atoms with Crippen molar-refractivity contribution in [3.63, 3.8) is 0 Å². The van der Waals surface area contributed by atoms with Crippen molar-refractivity contribution in [3.05, 3.63) is 29.3 Å². The van der Waals surface area contributed by atoms with Crippen LogP contribution in [0.2, 0.25) is 0 Å². The summed E-state index contributed by atoms with van der Waals surface area (Å²) in [5.74, 6) is -2.27. The molecule has 0 aromatic heterocycles. The standard InChI is InChI=1S/C14H18F2N2O2/c1-8-6-18(7-14(2,3)20-8)13(19)9-4-12(17)11(16)5-10(9)15/h4-5,8H,6-7,17H2,1-3H3. The number of benzene rings is 1. The Morgan fingerprint density at radius 2 is 2.05 bits per heavy atom. The van der Waals surface area contributed by atoms with E-state index in [4.69, 9.17) is 10.5 Å². The zero-order valence-corrected chi connectivity index (χ0v) is 11.7. The van der Waals surface area contributed by atoms with Crippen LogP contribution in [0.15, 0.2) is 12.1 Å². The van der Waals surface area contributed by atoms with Gasteiger partial charge in [-0.25, -0.2) is 8.78 Å². The summed E-state index contributed by atoms with van der Waals surface area (Å²) >= 11 is 0. The van der Waals surface area contributed by atoms with E-state index in [2.05, 4.69) is 0 Å². The summed E-state index contributed by atoms with van der Waals surface area (Å²) in [6.45, 7) is 6.26. The molecule has 1 fully saturated rings. The maximum Gasteiger partial charge on any atom is 0.257 e. The van der Waals surface area contributed by atoms with E-state index in [9.17, 15) is 13.6 Å². The number of carbonyl (C=O) groups is 1. The fraction of sp³-hybridized carbons (Fsp3) is 0.500. The summed E-state index contributed by atoms with van der Waals surface area (Å²) in [7, 11) is 0. The molecule has 0 bridgehead atoms. The lowest BCUT2D eigenvalue weighted by atomic mass is 10.0. The number of hydrogen-bond donors (Lipinski definition) is 1. The van der Waals surface area contributed by atoms with Crippen LogP contribution in [0, 0.1) is 11.6 Å². The number of hydrogen-bond acceptors (Lipinski definition) is 3. The van der Waals surface area contributed by atoms with Crippen LogP contribution in [0.1, 0.15) is 31.1 Å². The van der Waals surface area contributed by atoms with Gasteiger partial charge in [-0.3, -0.25) is 4.79 Å². The van der Waals surface area contributed by atoms with Gasteiger partial charge in [0.1, 0.15) is 11.6 Å². The Morgan fingerprint density at radius 1 is 1.40 bits per heavy atom. The van der Waals surface area contributed by atoms with Crippen molar-refractivity contribution >= 4 is 11.6 Å².